The zero-order valence-corrected chi connectivity index (χ0v) is 13.4. The number of aromatic nitrogens is 2. The van der Waals surface area contributed by atoms with Crippen LogP contribution < -0.4 is 10.1 Å². The lowest BCUT2D eigenvalue weighted by molar-refractivity contribution is -0.113. The number of benzene rings is 1. The standard InChI is InChI=1S/C12H13N3O2S3/c1-17-9-5-3-8(4-6-9)13-10(16)7-19-12-15-14-11(18-2)20-12/h3-6H,7H2,1-2H3,(H,13,16). The number of amides is 1. The summed E-state index contributed by atoms with van der Waals surface area (Å²) in [5.74, 6) is 1.01. The van der Waals surface area contributed by atoms with Crippen molar-refractivity contribution >= 4 is 46.5 Å². The number of carbonyl (C=O) groups is 1. The summed E-state index contributed by atoms with van der Waals surface area (Å²) in [6.45, 7) is 0. The Morgan fingerprint density at radius 3 is 2.60 bits per heavy atom. The molecule has 0 unspecified atom stereocenters. The largest absolute Gasteiger partial charge is 0.497 e. The number of anilines is 1. The van der Waals surface area contributed by atoms with E-state index in [0.29, 0.717) is 5.75 Å². The molecule has 1 N–H and O–H groups in total. The van der Waals surface area contributed by atoms with Gasteiger partial charge in [-0.3, -0.25) is 4.79 Å². The molecule has 106 valence electrons. The molecule has 1 amide bonds. The molecule has 1 heterocycles. The van der Waals surface area contributed by atoms with Crippen molar-refractivity contribution in [3.05, 3.63) is 24.3 Å². The van der Waals surface area contributed by atoms with Gasteiger partial charge in [0.1, 0.15) is 5.75 Å². The van der Waals surface area contributed by atoms with Gasteiger partial charge in [0.25, 0.3) is 0 Å². The fraction of sp³-hybridized carbons (Fsp3) is 0.250. The minimum atomic E-state index is -0.0685. The SMILES string of the molecule is COc1ccc(NC(=O)CSc2nnc(SC)s2)cc1. The first-order valence-electron chi connectivity index (χ1n) is 5.65. The number of methoxy groups -OCH3 is 1. The van der Waals surface area contributed by atoms with Gasteiger partial charge in [0.2, 0.25) is 5.91 Å². The highest BCUT2D eigenvalue weighted by Gasteiger charge is 2.08. The van der Waals surface area contributed by atoms with Crippen LogP contribution >= 0.6 is 34.9 Å². The molecular weight excluding hydrogens is 314 g/mol. The first-order valence-corrected chi connectivity index (χ1v) is 8.68. The minimum absolute atomic E-state index is 0.0685. The van der Waals surface area contributed by atoms with E-state index >= 15 is 0 Å². The second kappa shape index (κ2) is 7.51. The van der Waals surface area contributed by atoms with E-state index in [2.05, 4.69) is 15.5 Å². The van der Waals surface area contributed by atoms with Gasteiger partial charge < -0.3 is 10.1 Å². The maximum absolute atomic E-state index is 11.8. The summed E-state index contributed by atoms with van der Waals surface area (Å²) < 4.78 is 6.77. The maximum Gasteiger partial charge on any atom is 0.234 e. The topological polar surface area (TPSA) is 64.1 Å². The van der Waals surface area contributed by atoms with Crippen LogP contribution in [0.3, 0.4) is 0 Å². The Morgan fingerprint density at radius 2 is 2.00 bits per heavy atom. The molecule has 0 spiro atoms. The molecule has 1 aromatic carbocycles. The van der Waals surface area contributed by atoms with Gasteiger partial charge in [-0.15, -0.1) is 10.2 Å². The number of ether oxygens (including phenoxy) is 1. The summed E-state index contributed by atoms with van der Waals surface area (Å²) in [6.07, 6.45) is 1.95. The first-order chi connectivity index (χ1) is 9.71. The second-order valence-electron chi connectivity index (χ2n) is 3.60. The summed E-state index contributed by atoms with van der Waals surface area (Å²) in [5, 5.41) is 10.8. The first kappa shape index (κ1) is 15.1. The zero-order chi connectivity index (χ0) is 14.4. The second-order valence-corrected chi connectivity index (χ2v) is 6.86. The Morgan fingerprint density at radius 1 is 1.30 bits per heavy atom. The summed E-state index contributed by atoms with van der Waals surface area (Å²) in [6, 6.07) is 7.22. The van der Waals surface area contributed by atoms with Gasteiger partial charge in [-0.2, -0.15) is 0 Å². The van der Waals surface area contributed by atoms with Crippen molar-refractivity contribution in [3.8, 4) is 5.75 Å². The van der Waals surface area contributed by atoms with Gasteiger partial charge in [-0.25, -0.2) is 0 Å². The quantitative estimate of drug-likeness (QED) is 0.823. The Hall–Kier alpha value is -1.25. The van der Waals surface area contributed by atoms with E-state index in [9.17, 15) is 4.79 Å². The molecule has 0 fully saturated rings. The molecule has 2 aromatic rings. The highest BCUT2D eigenvalue weighted by molar-refractivity contribution is 8.03. The van der Waals surface area contributed by atoms with Gasteiger partial charge in [0, 0.05) is 5.69 Å². The summed E-state index contributed by atoms with van der Waals surface area (Å²) in [7, 11) is 1.61. The van der Waals surface area contributed by atoms with Gasteiger partial charge in [-0.05, 0) is 30.5 Å². The van der Waals surface area contributed by atoms with Crippen LogP contribution in [0.15, 0.2) is 32.9 Å². The highest BCUT2D eigenvalue weighted by Crippen LogP contribution is 2.27. The third-order valence-electron chi connectivity index (χ3n) is 2.26. The van der Waals surface area contributed by atoms with E-state index in [1.807, 2.05) is 6.26 Å². The number of hydrogen-bond acceptors (Lipinski definition) is 7. The van der Waals surface area contributed by atoms with E-state index in [-0.39, 0.29) is 5.91 Å². The van der Waals surface area contributed by atoms with Crippen molar-refractivity contribution in [2.45, 2.75) is 8.68 Å². The van der Waals surface area contributed by atoms with Crippen LogP contribution in [0, 0.1) is 0 Å². The molecule has 0 saturated carbocycles. The van der Waals surface area contributed by atoms with E-state index in [1.165, 1.54) is 23.1 Å². The smallest absolute Gasteiger partial charge is 0.234 e. The normalized spacial score (nSPS) is 10.3. The van der Waals surface area contributed by atoms with E-state index in [4.69, 9.17) is 4.74 Å². The van der Waals surface area contributed by atoms with Gasteiger partial charge >= 0.3 is 0 Å². The molecule has 5 nitrogen and oxygen atoms in total. The fourth-order valence-electron chi connectivity index (χ4n) is 1.34. The Balaban J connectivity index is 1.82. The molecule has 20 heavy (non-hydrogen) atoms. The summed E-state index contributed by atoms with van der Waals surface area (Å²) >= 11 is 4.43. The number of hydrogen-bond donors (Lipinski definition) is 1. The number of nitrogens with zero attached hydrogens (tertiary/aromatic N) is 2. The lowest BCUT2D eigenvalue weighted by Gasteiger charge is -2.05. The van der Waals surface area contributed by atoms with Gasteiger partial charge in [0.15, 0.2) is 8.68 Å². The summed E-state index contributed by atoms with van der Waals surface area (Å²) in [5.41, 5.74) is 0.749. The Labute approximate surface area is 129 Å². The van der Waals surface area contributed by atoms with Crippen LogP contribution in [0.25, 0.3) is 0 Å². The van der Waals surface area contributed by atoms with Crippen LogP contribution in [0.1, 0.15) is 0 Å². The molecule has 0 saturated heterocycles. The summed E-state index contributed by atoms with van der Waals surface area (Å²) in [4.78, 5) is 11.8. The minimum Gasteiger partial charge on any atom is -0.497 e. The number of thioether (sulfide) groups is 2. The van der Waals surface area contributed by atoms with Crippen LogP contribution in [0.5, 0.6) is 5.75 Å². The zero-order valence-electron chi connectivity index (χ0n) is 11.0. The van der Waals surface area contributed by atoms with Crippen molar-refractivity contribution < 1.29 is 9.53 Å². The third-order valence-corrected chi connectivity index (χ3v) is 5.30. The third kappa shape index (κ3) is 4.39. The van der Waals surface area contributed by atoms with E-state index in [0.717, 1.165) is 20.1 Å². The molecule has 0 bridgehead atoms. The van der Waals surface area contributed by atoms with Crippen molar-refractivity contribution in [3.63, 3.8) is 0 Å². The number of nitrogens with one attached hydrogen (secondary N) is 1. The molecule has 1 aromatic heterocycles. The van der Waals surface area contributed by atoms with Crippen molar-refractivity contribution in [2.75, 3.05) is 24.4 Å². The highest BCUT2D eigenvalue weighted by atomic mass is 32.2. The lowest BCUT2D eigenvalue weighted by atomic mass is 10.3. The maximum atomic E-state index is 11.8. The molecule has 0 aliphatic rings. The average Bonchev–Trinajstić information content (AvgIpc) is 2.94. The molecule has 8 heteroatoms. The van der Waals surface area contributed by atoms with Crippen molar-refractivity contribution in [1.29, 1.82) is 0 Å². The van der Waals surface area contributed by atoms with Crippen LogP contribution in [0.4, 0.5) is 5.69 Å². The van der Waals surface area contributed by atoms with Crippen LogP contribution in [-0.4, -0.2) is 35.2 Å². The monoisotopic (exact) mass is 327 g/mol. The average molecular weight is 327 g/mol. The number of carbonyl (C=O) groups excluding carboxylic acids is 1. The molecule has 0 radical (unpaired) electrons. The predicted molar refractivity (Wildman–Crippen MR) is 84.0 cm³/mol. The number of rotatable bonds is 6. The molecule has 0 atom stereocenters. The van der Waals surface area contributed by atoms with E-state index in [1.54, 1.807) is 43.1 Å². The Bertz CT molecular complexity index is 572. The predicted octanol–water partition coefficient (Wildman–Crippen LogP) is 3.00. The fourth-order valence-corrected chi connectivity index (χ4v) is 3.57. The Kier molecular flexibility index (Phi) is 5.69. The molecular formula is C12H13N3O2S3. The molecule has 0 aliphatic heterocycles. The van der Waals surface area contributed by atoms with Crippen LogP contribution in [-0.2, 0) is 4.79 Å². The molecule has 2 rings (SSSR count). The van der Waals surface area contributed by atoms with Gasteiger partial charge in [0.05, 0.1) is 12.9 Å². The van der Waals surface area contributed by atoms with Crippen molar-refractivity contribution in [2.24, 2.45) is 0 Å². The van der Waals surface area contributed by atoms with E-state index < -0.39 is 0 Å². The lowest BCUT2D eigenvalue weighted by Crippen LogP contribution is -2.13. The molecule has 0 aliphatic carbocycles. The van der Waals surface area contributed by atoms with Gasteiger partial charge in [-0.1, -0.05) is 34.9 Å². The van der Waals surface area contributed by atoms with Crippen LogP contribution in [0.2, 0.25) is 0 Å². The van der Waals surface area contributed by atoms with Crippen molar-refractivity contribution in [1.82, 2.24) is 10.2 Å².